The van der Waals surface area contributed by atoms with Crippen LogP contribution in [-0.2, 0) is 14.8 Å². The third-order valence-corrected chi connectivity index (χ3v) is 2.78. The lowest BCUT2D eigenvalue weighted by molar-refractivity contribution is -0.123. The largest absolute Gasteiger partial charge is 0.355 e. The summed E-state index contributed by atoms with van der Waals surface area (Å²) in [5, 5.41) is 7.35. The summed E-state index contributed by atoms with van der Waals surface area (Å²) in [6.07, 6.45) is 0.301. The van der Waals surface area contributed by atoms with Crippen LogP contribution in [0.15, 0.2) is 0 Å². The molecule has 0 spiro atoms. The number of primary sulfonamides is 1. The zero-order valence-corrected chi connectivity index (χ0v) is 9.88. The van der Waals surface area contributed by atoms with Crippen LogP contribution in [0.5, 0.6) is 0 Å². The molecule has 0 aromatic heterocycles. The van der Waals surface area contributed by atoms with Crippen molar-refractivity contribution in [3.05, 3.63) is 0 Å². The number of nitrogens with two attached hydrogens (primary N) is 2. The Hall–Kier alpha value is -0.660. The van der Waals surface area contributed by atoms with Crippen LogP contribution in [0.2, 0.25) is 0 Å². The van der Waals surface area contributed by atoms with Gasteiger partial charge in [-0.05, 0) is 12.3 Å². The summed E-state index contributed by atoms with van der Waals surface area (Å²) in [5.41, 5.74) is 5.57. The van der Waals surface area contributed by atoms with Crippen molar-refractivity contribution in [2.24, 2.45) is 16.8 Å². The van der Waals surface area contributed by atoms with E-state index in [2.05, 4.69) is 5.32 Å². The first-order valence-corrected chi connectivity index (χ1v) is 6.49. The number of sulfonamides is 1. The van der Waals surface area contributed by atoms with Crippen molar-refractivity contribution < 1.29 is 13.2 Å². The van der Waals surface area contributed by atoms with Gasteiger partial charge in [-0.2, -0.15) is 0 Å². The standard InChI is InChI=1S/C8H19N3O3S/c1-6(2)7(9)8(12)11-4-3-5-15(10,13)14/h6-7H,3-5,9H2,1-2H3,(H,11,12)(H2,10,13,14)/t7-/m0/s1. The maximum absolute atomic E-state index is 11.3. The fourth-order valence-electron chi connectivity index (χ4n) is 0.906. The van der Waals surface area contributed by atoms with Crippen LogP contribution in [0, 0.1) is 5.92 Å². The lowest BCUT2D eigenvalue weighted by Crippen LogP contribution is -2.44. The molecule has 15 heavy (non-hydrogen) atoms. The predicted molar refractivity (Wildman–Crippen MR) is 58.4 cm³/mol. The Balaban J connectivity index is 3.74. The molecule has 0 saturated heterocycles. The van der Waals surface area contributed by atoms with Crippen molar-refractivity contribution in [3.63, 3.8) is 0 Å². The first kappa shape index (κ1) is 14.3. The SMILES string of the molecule is CC(C)[C@H](N)C(=O)NCCCS(N)(=O)=O. The molecule has 0 rings (SSSR count). The quantitative estimate of drug-likeness (QED) is 0.501. The zero-order chi connectivity index (χ0) is 12.1. The predicted octanol–water partition coefficient (Wildman–Crippen LogP) is -1.24. The third kappa shape index (κ3) is 7.29. The van der Waals surface area contributed by atoms with E-state index in [-0.39, 0.29) is 24.1 Å². The average Bonchev–Trinajstić information content (AvgIpc) is 2.09. The fourth-order valence-corrected chi connectivity index (χ4v) is 1.45. The Labute approximate surface area is 90.4 Å². The Bertz CT molecular complexity index is 300. The molecule has 0 bridgehead atoms. The first-order chi connectivity index (χ1) is 6.74. The van der Waals surface area contributed by atoms with Gasteiger partial charge >= 0.3 is 0 Å². The molecule has 0 heterocycles. The number of carbonyl (C=O) groups excluding carboxylic acids is 1. The summed E-state index contributed by atoms with van der Waals surface area (Å²) in [5.74, 6) is -0.341. The van der Waals surface area contributed by atoms with Crippen LogP contribution in [0.1, 0.15) is 20.3 Å². The highest BCUT2D eigenvalue weighted by molar-refractivity contribution is 7.89. The van der Waals surface area contributed by atoms with E-state index >= 15 is 0 Å². The summed E-state index contributed by atoms with van der Waals surface area (Å²) in [7, 11) is -3.44. The van der Waals surface area contributed by atoms with E-state index in [1.54, 1.807) is 0 Å². The molecule has 1 atom stereocenters. The van der Waals surface area contributed by atoms with Crippen molar-refractivity contribution in [2.45, 2.75) is 26.3 Å². The molecular weight excluding hydrogens is 218 g/mol. The van der Waals surface area contributed by atoms with Gasteiger partial charge in [0.1, 0.15) is 0 Å². The van der Waals surface area contributed by atoms with Gasteiger partial charge in [0, 0.05) is 6.54 Å². The third-order valence-electron chi connectivity index (χ3n) is 1.93. The Morgan fingerprint density at radius 3 is 2.33 bits per heavy atom. The van der Waals surface area contributed by atoms with Gasteiger partial charge in [-0.15, -0.1) is 0 Å². The highest BCUT2D eigenvalue weighted by Crippen LogP contribution is 1.97. The lowest BCUT2D eigenvalue weighted by Gasteiger charge is -2.14. The average molecular weight is 237 g/mol. The van der Waals surface area contributed by atoms with E-state index in [9.17, 15) is 13.2 Å². The number of amides is 1. The summed E-state index contributed by atoms with van der Waals surface area (Å²) in [6.45, 7) is 3.96. The van der Waals surface area contributed by atoms with Crippen LogP contribution >= 0.6 is 0 Å². The Kier molecular flexibility index (Phi) is 5.77. The van der Waals surface area contributed by atoms with Crippen molar-refractivity contribution in [3.8, 4) is 0 Å². The molecule has 1 amide bonds. The number of carbonyl (C=O) groups is 1. The van der Waals surface area contributed by atoms with E-state index in [0.29, 0.717) is 6.42 Å². The van der Waals surface area contributed by atoms with Gasteiger partial charge in [-0.25, -0.2) is 13.6 Å². The lowest BCUT2D eigenvalue weighted by atomic mass is 10.1. The number of rotatable bonds is 6. The number of hydrogen-bond donors (Lipinski definition) is 3. The maximum Gasteiger partial charge on any atom is 0.237 e. The molecular formula is C8H19N3O3S. The molecule has 7 heteroatoms. The number of nitrogens with one attached hydrogen (secondary N) is 1. The smallest absolute Gasteiger partial charge is 0.237 e. The van der Waals surface area contributed by atoms with E-state index < -0.39 is 16.1 Å². The highest BCUT2D eigenvalue weighted by Gasteiger charge is 2.16. The maximum atomic E-state index is 11.3. The Morgan fingerprint density at radius 2 is 1.93 bits per heavy atom. The van der Waals surface area contributed by atoms with E-state index in [1.807, 2.05) is 13.8 Å². The molecule has 5 N–H and O–H groups in total. The molecule has 0 aliphatic heterocycles. The minimum atomic E-state index is -3.44. The van der Waals surface area contributed by atoms with Crippen molar-refractivity contribution in [1.29, 1.82) is 0 Å². The summed E-state index contributed by atoms with van der Waals surface area (Å²) < 4.78 is 21.1. The second-order valence-electron chi connectivity index (χ2n) is 3.78. The highest BCUT2D eigenvalue weighted by atomic mass is 32.2. The zero-order valence-electron chi connectivity index (χ0n) is 9.06. The van der Waals surface area contributed by atoms with Crippen LogP contribution in [0.25, 0.3) is 0 Å². The van der Waals surface area contributed by atoms with Gasteiger partial charge in [0.15, 0.2) is 0 Å². The minimum Gasteiger partial charge on any atom is -0.355 e. The molecule has 0 aliphatic rings. The molecule has 0 radical (unpaired) electrons. The van der Waals surface area contributed by atoms with Crippen molar-refractivity contribution in [1.82, 2.24) is 5.32 Å². The van der Waals surface area contributed by atoms with Gasteiger partial charge in [0.05, 0.1) is 11.8 Å². The molecule has 0 aliphatic carbocycles. The van der Waals surface area contributed by atoms with Crippen molar-refractivity contribution >= 4 is 15.9 Å². The van der Waals surface area contributed by atoms with Gasteiger partial charge in [0.2, 0.25) is 15.9 Å². The van der Waals surface area contributed by atoms with E-state index in [0.717, 1.165) is 0 Å². The van der Waals surface area contributed by atoms with E-state index in [4.69, 9.17) is 10.9 Å². The first-order valence-electron chi connectivity index (χ1n) is 4.78. The van der Waals surface area contributed by atoms with Crippen LogP contribution in [0.3, 0.4) is 0 Å². The summed E-state index contributed by atoms with van der Waals surface area (Å²) in [4.78, 5) is 11.3. The van der Waals surface area contributed by atoms with E-state index in [1.165, 1.54) is 0 Å². The van der Waals surface area contributed by atoms with Crippen LogP contribution < -0.4 is 16.2 Å². The molecule has 0 unspecified atom stereocenters. The minimum absolute atomic E-state index is 0.0586. The molecule has 0 saturated carbocycles. The van der Waals surface area contributed by atoms with Crippen LogP contribution in [0.4, 0.5) is 0 Å². The second kappa shape index (κ2) is 6.04. The molecule has 0 aromatic rings. The number of hydrogen-bond acceptors (Lipinski definition) is 4. The topological polar surface area (TPSA) is 115 Å². The summed E-state index contributed by atoms with van der Waals surface area (Å²) in [6, 6.07) is -0.556. The van der Waals surface area contributed by atoms with Gasteiger partial charge in [-0.1, -0.05) is 13.8 Å². The molecule has 90 valence electrons. The van der Waals surface area contributed by atoms with Gasteiger partial charge < -0.3 is 11.1 Å². The van der Waals surface area contributed by atoms with Gasteiger partial charge in [0.25, 0.3) is 0 Å². The monoisotopic (exact) mass is 237 g/mol. The molecule has 0 fully saturated rings. The van der Waals surface area contributed by atoms with Crippen LogP contribution in [-0.4, -0.2) is 32.7 Å². The fraction of sp³-hybridized carbons (Fsp3) is 0.875. The summed E-state index contributed by atoms with van der Waals surface area (Å²) >= 11 is 0. The normalized spacial score (nSPS) is 13.9. The molecule has 6 nitrogen and oxygen atoms in total. The van der Waals surface area contributed by atoms with Gasteiger partial charge in [-0.3, -0.25) is 4.79 Å². The second-order valence-corrected chi connectivity index (χ2v) is 5.52. The van der Waals surface area contributed by atoms with Crippen molar-refractivity contribution in [2.75, 3.05) is 12.3 Å². The Morgan fingerprint density at radius 1 is 1.40 bits per heavy atom. The molecule has 0 aromatic carbocycles.